The Bertz CT molecular complexity index is 1100. The van der Waals surface area contributed by atoms with E-state index in [0.29, 0.717) is 6.54 Å². The minimum atomic E-state index is -0.0937. The van der Waals surface area contributed by atoms with Crippen LogP contribution in [0.15, 0.2) is 42.5 Å². The van der Waals surface area contributed by atoms with E-state index >= 15 is 0 Å². The number of thiophene rings is 1. The molecule has 0 saturated heterocycles. The van der Waals surface area contributed by atoms with Gasteiger partial charge in [0.25, 0.3) is 0 Å². The van der Waals surface area contributed by atoms with E-state index in [1.165, 1.54) is 20.9 Å². The summed E-state index contributed by atoms with van der Waals surface area (Å²) in [5.41, 5.74) is 7.07. The summed E-state index contributed by atoms with van der Waals surface area (Å²) in [6.45, 7) is 9.19. The topological polar surface area (TPSA) is 41.6 Å². The van der Waals surface area contributed by atoms with Gasteiger partial charge in [0.1, 0.15) is 5.75 Å². The normalized spacial score (nSPS) is 15.5. The second-order valence-electron chi connectivity index (χ2n) is 8.20. The summed E-state index contributed by atoms with van der Waals surface area (Å²) in [6.07, 6.45) is 1.93. The van der Waals surface area contributed by atoms with Crippen LogP contribution < -0.4 is 10.1 Å². The van der Waals surface area contributed by atoms with Crippen molar-refractivity contribution < 1.29 is 9.53 Å². The molecule has 0 bridgehead atoms. The molecule has 2 heterocycles. The van der Waals surface area contributed by atoms with Crippen LogP contribution in [0.4, 0.5) is 10.5 Å². The molecule has 0 radical (unpaired) electrons. The van der Waals surface area contributed by atoms with Gasteiger partial charge in [0, 0.05) is 22.0 Å². The molecule has 5 heteroatoms. The predicted molar refractivity (Wildman–Crippen MR) is 129 cm³/mol. The average Bonchev–Trinajstić information content (AvgIpc) is 3.10. The molecule has 162 valence electrons. The van der Waals surface area contributed by atoms with Gasteiger partial charge in [0.05, 0.1) is 13.2 Å². The maximum absolute atomic E-state index is 13.5. The molecule has 0 aliphatic carbocycles. The van der Waals surface area contributed by atoms with Crippen molar-refractivity contribution in [1.82, 2.24) is 4.90 Å². The predicted octanol–water partition coefficient (Wildman–Crippen LogP) is 6.42. The van der Waals surface area contributed by atoms with Gasteiger partial charge < -0.3 is 15.0 Å². The van der Waals surface area contributed by atoms with Gasteiger partial charge in [0.2, 0.25) is 0 Å². The summed E-state index contributed by atoms with van der Waals surface area (Å²) in [7, 11) is 1.67. The summed E-state index contributed by atoms with van der Waals surface area (Å²) in [5.74, 6) is 0.822. The van der Waals surface area contributed by atoms with E-state index in [-0.39, 0.29) is 12.1 Å². The molecule has 0 saturated carbocycles. The Hall–Kier alpha value is -2.79. The Morgan fingerprint density at radius 3 is 2.58 bits per heavy atom. The number of amides is 2. The standard InChI is InChI=1S/C26H30N2O2S/c1-6-21-18(4)31-25-22(21)13-14-28(24(25)19-9-11-20(30-5)12-10-19)26(29)27-23-15-16(2)7-8-17(23)3/h7-12,15,24H,6,13-14H2,1-5H3,(H,27,29)/t24-/m1/s1. The van der Waals surface area contributed by atoms with Crippen molar-refractivity contribution in [2.45, 2.75) is 46.6 Å². The zero-order valence-electron chi connectivity index (χ0n) is 18.9. The molecule has 1 atom stereocenters. The fourth-order valence-electron chi connectivity index (χ4n) is 4.50. The lowest BCUT2D eigenvalue weighted by atomic mass is 9.92. The van der Waals surface area contributed by atoms with Gasteiger partial charge in [0.15, 0.2) is 0 Å². The van der Waals surface area contributed by atoms with Crippen molar-refractivity contribution in [3.8, 4) is 5.75 Å². The van der Waals surface area contributed by atoms with Crippen LogP contribution in [-0.4, -0.2) is 24.6 Å². The molecular weight excluding hydrogens is 404 g/mol. The van der Waals surface area contributed by atoms with Crippen LogP contribution in [0.25, 0.3) is 0 Å². The third-order valence-electron chi connectivity index (χ3n) is 6.19. The number of aryl methyl sites for hydroxylation is 3. The number of urea groups is 1. The number of methoxy groups -OCH3 is 1. The monoisotopic (exact) mass is 434 g/mol. The van der Waals surface area contributed by atoms with E-state index in [1.54, 1.807) is 7.11 Å². The van der Waals surface area contributed by atoms with Crippen LogP contribution in [0.3, 0.4) is 0 Å². The Morgan fingerprint density at radius 1 is 1.16 bits per heavy atom. The van der Waals surface area contributed by atoms with E-state index < -0.39 is 0 Å². The van der Waals surface area contributed by atoms with E-state index in [0.717, 1.165) is 41.0 Å². The number of benzene rings is 2. The third-order valence-corrected chi connectivity index (χ3v) is 7.44. The molecule has 31 heavy (non-hydrogen) atoms. The second-order valence-corrected chi connectivity index (χ2v) is 9.46. The van der Waals surface area contributed by atoms with Crippen molar-refractivity contribution in [2.75, 3.05) is 19.0 Å². The number of carbonyl (C=O) groups excluding carboxylic acids is 1. The van der Waals surface area contributed by atoms with Crippen molar-refractivity contribution in [2.24, 2.45) is 0 Å². The number of hydrogen-bond acceptors (Lipinski definition) is 3. The van der Waals surface area contributed by atoms with E-state index in [9.17, 15) is 4.79 Å². The Kier molecular flexibility index (Phi) is 6.05. The smallest absolute Gasteiger partial charge is 0.322 e. The van der Waals surface area contributed by atoms with Gasteiger partial charge >= 0.3 is 6.03 Å². The van der Waals surface area contributed by atoms with Gasteiger partial charge in [-0.05, 0) is 79.6 Å². The molecule has 3 aromatic rings. The van der Waals surface area contributed by atoms with Crippen LogP contribution in [0, 0.1) is 20.8 Å². The molecule has 1 aliphatic rings. The first-order valence-electron chi connectivity index (χ1n) is 10.8. The lowest BCUT2D eigenvalue weighted by Gasteiger charge is -2.36. The fourth-order valence-corrected chi connectivity index (χ4v) is 5.95. The lowest BCUT2D eigenvalue weighted by Crippen LogP contribution is -2.42. The van der Waals surface area contributed by atoms with Crippen LogP contribution in [-0.2, 0) is 12.8 Å². The minimum absolute atomic E-state index is 0.0516. The number of fused-ring (bicyclic) bond motifs is 1. The van der Waals surface area contributed by atoms with Crippen LogP contribution in [0.5, 0.6) is 5.75 Å². The van der Waals surface area contributed by atoms with Crippen molar-refractivity contribution >= 4 is 23.1 Å². The van der Waals surface area contributed by atoms with Crippen LogP contribution in [0.1, 0.15) is 50.5 Å². The second kappa shape index (κ2) is 8.75. The molecule has 0 unspecified atom stereocenters. The summed E-state index contributed by atoms with van der Waals surface area (Å²) >= 11 is 1.83. The molecule has 0 fully saturated rings. The SMILES string of the molecule is CCc1c(C)sc2c1CCN(C(=O)Nc1cc(C)ccc1C)[C@@H]2c1ccc(OC)cc1. The highest BCUT2D eigenvalue weighted by molar-refractivity contribution is 7.12. The molecule has 0 spiro atoms. The lowest BCUT2D eigenvalue weighted by molar-refractivity contribution is 0.195. The Balaban J connectivity index is 1.74. The minimum Gasteiger partial charge on any atom is -0.497 e. The molecule has 2 aromatic carbocycles. The zero-order chi connectivity index (χ0) is 22.1. The highest BCUT2D eigenvalue weighted by atomic mass is 32.1. The highest BCUT2D eigenvalue weighted by Crippen LogP contribution is 2.43. The van der Waals surface area contributed by atoms with Crippen LogP contribution in [0.2, 0.25) is 0 Å². The number of anilines is 1. The Morgan fingerprint density at radius 2 is 1.90 bits per heavy atom. The molecular formula is C26H30N2O2S. The molecule has 4 rings (SSSR count). The first-order chi connectivity index (χ1) is 14.9. The number of rotatable bonds is 4. The van der Waals surface area contributed by atoms with Crippen molar-refractivity contribution in [3.05, 3.63) is 80.0 Å². The maximum atomic E-state index is 13.5. The van der Waals surface area contributed by atoms with E-state index in [1.807, 2.05) is 48.3 Å². The van der Waals surface area contributed by atoms with Gasteiger partial charge in [-0.1, -0.05) is 31.2 Å². The number of ether oxygens (including phenoxy) is 1. The first-order valence-corrected chi connectivity index (χ1v) is 11.6. The summed E-state index contributed by atoms with van der Waals surface area (Å²) in [4.78, 5) is 18.1. The number of carbonyl (C=O) groups is 1. The molecule has 4 nitrogen and oxygen atoms in total. The average molecular weight is 435 g/mol. The molecule has 1 aromatic heterocycles. The maximum Gasteiger partial charge on any atom is 0.322 e. The zero-order valence-corrected chi connectivity index (χ0v) is 19.7. The van der Waals surface area contributed by atoms with E-state index in [2.05, 4.69) is 43.4 Å². The Labute approximate surface area is 188 Å². The van der Waals surface area contributed by atoms with Crippen LogP contribution >= 0.6 is 11.3 Å². The number of hydrogen-bond donors (Lipinski definition) is 1. The summed E-state index contributed by atoms with van der Waals surface area (Å²) in [5, 5.41) is 3.18. The van der Waals surface area contributed by atoms with Gasteiger partial charge in [-0.15, -0.1) is 11.3 Å². The van der Waals surface area contributed by atoms with Gasteiger partial charge in [-0.3, -0.25) is 0 Å². The summed E-state index contributed by atoms with van der Waals surface area (Å²) in [6, 6.07) is 14.1. The third kappa shape index (κ3) is 4.07. The highest BCUT2D eigenvalue weighted by Gasteiger charge is 2.35. The van der Waals surface area contributed by atoms with Crippen molar-refractivity contribution in [3.63, 3.8) is 0 Å². The fraction of sp³-hybridized carbons (Fsp3) is 0.346. The van der Waals surface area contributed by atoms with E-state index in [4.69, 9.17) is 4.74 Å². The quantitative estimate of drug-likeness (QED) is 0.514. The van der Waals surface area contributed by atoms with Crippen molar-refractivity contribution in [1.29, 1.82) is 0 Å². The first kappa shape index (κ1) is 21.4. The molecule has 1 N–H and O–H groups in total. The van der Waals surface area contributed by atoms with Gasteiger partial charge in [-0.25, -0.2) is 4.79 Å². The molecule has 2 amide bonds. The largest absolute Gasteiger partial charge is 0.497 e. The number of nitrogens with one attached hydrogen (secondary N) is 1. The van der Waals surface area contributed by atoms with Gasteiger partial charge in [-0.2, -0.15) is 0 Å². The molecule has 1 aliphatic heterocycles. The summed E-state index contributed by atoms with van der Waals surface area (Å²) < 4.78 is 5.35. The number of nitrogens with zero attached hydrogens (tertiary/aromatic N) is 1.